The van der Waals surface area contributed by atoms with Crippen LogP contribution in [0.2, 0.25) is 0 Å². The first-order chi connectivity index (χ1) is 14.4. The number of nitrogens with zero attached hydrogens (tertiary/aromatic N) is 2. The molecule has 1 aromatic heterocycles. The Bertz CT molecular complexity index is 1120. The fraction of sp³-hybridized carbons (Fsp3) is 0.476. The Kier molecular flexibility index (Phi) is 5.35. The van der Waals surface area contributed by atoms with Crippen molar-refractivity contribution in [3.63, 3.8) is 0 Å². The molecule has 0 spiro atoms. The second-order valence-corrected chi connectivity index (χ2v) is 8.15. The molecule has 3 unspecified atom stereocenters. The van der Waals surface area contributed by atoms with Gasteiger partial charge >= 0.3 is 0 Å². The second-order valence-electron chi connectivity index (χ2n) is 8.15. The number of hydrogen-bond donors (Lipinski definition) is 3. The van der Waals surface area contributed by atoms with Gasteiger partial charge in [0.25, 0.3) is 5.56 Å². The number of hydrogen-bond acceptors (Lipinski definition) is 5. The molecule has 9 heteroatoms. The van der Waals surface area contributed by atoms with Gasteiger partial charge in [-0.3, -0.25) is 9.59 Å². The summed E-state index contributed by atoms with van der Waals surface area (Å²) in [6, 6.07) is 5.67. The van der Waals surface area contributed by atoms with E-state index in [-0.39, 0.29) is 37.4 Å². The molecule has 1 aliphatic heterocycles. The molecular weight excluding hydrogens is 389 g/mol. The third-order valence-corrected chi connectivity index (χ3v) is 5.85. The van der Waals surface area contributed by atoms with Crippen molar-refractivity contribution < 1.29 is 13.9 Å². The first kappa shape index (κ1) is 20.2. The number of alkyl halides is 1. The number of H-pyrrole nitrogens is 1. The molecule has 2 fully saturated rings. The van der Waals surface area contributed by atoms with Crippen LogP contribution in [0.5, 0.6) is 0 Å². The van der Waals surface area contributed by atoms with Crippen LogP contribution in [0.25, 0.3) is 10.9 Å². The number of rotatable bonds is 5. The second kappa shape index (κ2) is 7.95. The summed E-state index contributed by atoms with van der Waals surface area (Å²) in [6.45, 7) is -0.114. The monoisotopic (exact) mass is 412 g/mol. The average Bonchev–Trinajstić information content (AvgIpc) is 3.52. The van der Waals surface area contributed by atoms with Gasteiger partial charge in [-0.2, -0.15) is 5.26 Å². The summed E-state index contributed by atoms with van der Waals surface area (Å²) in [5.41, 5.74) is 7.57. The summed E-state index contributed by atoms with van der Waals surface area (Å²) in [7, 11) is 0. The van der Waals surface area contributed by atoms with Crippen LogP contribution in [0.3, 0.4) is 0 Å². The fourth-order valence-electron chi connectivity index (χ4n) is 4.18. The van der Waals surface area contributed by atoms with Gasteiger partial charge in [0.1, 0.15) is 0 Å². The molecule has 2 aromatic rings. The first-order valence-corrected chi connectivity index (χ1v) is 10.1. The summed E-state index contributed by atoms with van der Waals surface area (Å²) in [5.74, 6) is -0.271. The Balaban J connectivity index is 1.56. The third-order valence-electron chi connectivity index (χ3n) is 5.85. The van der Waals surface area contributed by atoms with Gasteiger partial charge < -0.3 is 16.0 Å². The maximum Gasteiger partial charge on any atom is 0.252 e. The van der Waals surface area contributed by atoms with Gasteiger partial charge in [0.15, 0.2) is 6.17 Å². The van der Waals surface area contributed by atoms with Crippen LogP contribution in [0.1, 0.15) is 41.9 Å². The van der Waals surface area contributed by atoms with Crippen LogP contribution in [-0.4, -0.2) is 47.0 Å². The van der Waals surface area contributed by atoms with Crippen molar-refractivity contribution in [1.29, 1.82) is 5.26 Å². The van der Waals surface area contributed by atoms with Gasteiger partial charge in [0.2, 0.25) is 18.5 Å². The quantitative estimate of drug-likeness (QED) is 0.634. The number of pyridine rings is 1. The topological polar surface area (TPSA) is 132 Å². The van der Waals surface area contributed by atoms with Crippen molar-refractivity contribution >= 4 is 16.8 Å². The zero-order chi connectivity index (χ0) is 21.4. The Morgan fingerprint density at radius 3 is 2.83 bits per heavy atom. The molecule has 156 valence electrons. The summed E-state index contributed by atoms with van der Waals surface area (Å²) < 4.78 is 14.7. The lowest BCUT2D eigenvalue weighted by atomic mass is 9.95. The van der Waals surface area contributed by atoms with E-state index in [0.29, 0.717) is 21.4 Å². The number of nitrogens with two attached hydrogens (primary N) is 1. The van der Waals surface area contributed by atoms with Gasteiger partial charge in [-0.1, -0.05) is 0 Å². The molecule has 1 amide bonds. The standard InChI is InChI=1S/C21H22FN5O3/c22-16-6-13(24)10-27(30)18(16)9-25-19(28)7-15-20(12-2-3-12)14-5-11(8-23)1-4-17(14)26-21(15)29/h1,4-5,12-13,16,18H,2-3,6-7,9-10,24H2,(H-,25,26,28,29)/p+1. The van der Waals surface area contributed by atoms with E-state index in [1.54, 1.807) is 18.2 Å². The number of nitrogens with one attached hydrogen (secondary N) is 2. The van der Waals surface area contributed by atoms with E-state index >= 15 is 0 Å². The van der Waals surface area contributed by atoms with Gasteiger partial charge in [-0.15, -0.1) is 0 Å². The van der Waals surface area contributed by atoms with Crippen LogP contribution in [0, 0.1) is 16.2 Å². The molecule has 4 N–H and O–H groups in total. The molecule has 0 radical (unpaired) electrons. The highest BCUT2D eigenvalue weighted by atomic mass is 19.1. The molecule has 30 heavy (non-hydrogen) atoms. The fourth-order valence-corrected chi connectivity index (χ4v) is 4.18. The van der Waals surface area contributed by atoms with Crippen molar-refractivity contribution in [3.8, 4) is 6.07 Å². The zero-order valence-electron chi connectivity index (χ0n) is 16.4. The number of benzene rings is 1. The van der Waals surface area contributed by atoms with Crippen LogP contribution in [-0.2, 0) is 11.2 Å². The number of fused-ring (bicyclic) bond motifs is 1. The lowest BCUT2D eigenvalue weighted by Crippen LogP contribution is -2.53. The molecule has 1 saturated carbocycles. The molecular formula is C21H23FN5O3+. The summed E-state index contributed by atoms with van der Waals surface area (Å²) >= 11 is 0. The van der Waals surface area contributed by atoms with Crippen molar-refractivity contribution in [2.24, 2.45) is 5.73 Å². The summed E-state index contributed by atoms with van der Waals surface area (Å²) in [6.07, 6.45) is 0.330. The smallest absolute Gasteiger partial charge is 0.252 e. The van der Waals surface area contributed by atoms with Gasteiger partial charge in [0, 0.05) is 32.6 Å². The minimum atomic E-state index is -1.41. The van der Waals surface area contributed by atoms with Crippen LogP contribution in [0.4, 0.5) is 4.39 Å². The van der Waals surface area contributed by atoms with Crippen molar-refractivity contribution in [2.75, 3.05) is 13.1 Å². The lowest BCUT2D eigenvalue weighted by Gasteiger charge is -2.22. The molecule has 2 aliphatic rings. The predicted molar refractivity (Wildman–Crippen MR) is 108 cm³/mol. The summed E-state index contributed by atoms with van der Waals surface area (Å²) in [5, 5.41) is 12.6. The van der Waals surface area contributed by atoms with E-state index in [4.69, 9.17) is 5.73 Å². The highest BCUT2D eigenvalue weighted by Crippen LogP contribution is 2.44. The van der Waals surface area contributed by atoms with Gasteiger partial charge in [-0.05, 0) is 42.5 Å². The van der Waals surface area contributed by atoms with Crippen LogP contribution in [0.15, 0.2) is 23.0 Å². The van der Waals surface area contributed by atoms with Crippen LogP contribution >= 0.6 is 0 Å². The lowest BCUT2D eigenvalue weighted by molar-refractivity contribution is -0.602. The molecule has 8 nitrogen and oxygen atoms in total. The Hall–Kier alpha value is -3.12. The highest BCUT2D eigenvalue weighted by molar-refractivity contribution is 5.87. The maximum atomic E-state index is 14.2. The number of aromatic amines is 1. The molecule has 0 bridgehead atoms. The van der Waals surface area contributed by atoms with Gasteiger partial charge in [-0.25, -0.2) is 4.39 Å². The van der Waals surface area contributed by atoms with Gasteiger partial charge in [0.05, 0.1) is 30.6 Å². The van der Waals surface area contributed by atoms with Crippen molar-refractivity contribution in [3.05, 3.63) is 50.2 Å². The minimum absolute atomic E-state index is 0.0261. The van der Waals surface area contributed by atoms with Crippen LogP contribution < -0.4 is 16.6 Å². The zero-order valence-corrected chi connectivity index (χ0v) is 16.4. The van der Waals surface area contributed by atoms with E-state index in [9.17, 15) is 24.1 Å². The SMILES string of the molecule is N#Cc1ccc2[nH]c(=O)c(CC(=O)NCC3C(F)CC(N)C[N+]3=O)c(C3CC3)c2c1. The Morgan fingerprint density at radius 2 is 2.17 bits per heavy atom. The Labute approximate surface area is 171 Å². The summed E-state index contributed by atoms with van der Waals surface area (Å²) in [4.78, 5) is 40.0. The number of nitroso groups, excluding NO2 is 1. The van der Waals surface area contributed by atoms with E-state index in [1.165, 1.54) is 0 Å². The third kappa shape index (κ3) is 3.96. The average molecular weight is 412 g/mol. The number of amides is 1. The number of halogens is 1. The minimum Gasteiger partial charge on any atom is -0.349 e. The van der Waals surface area contributed by atoms with E-state index in [2.05, 4.69) is 16.4 Å². The normalized spacial score (nSPS) is 23.9. The van der Waals surface area contributed by atoms with Crippen molar-refractivity contribution in [1.82, 2.24) is 10.3 Å². The Morgan fingerprint density at radius 1 is 1.40 bits per heavy atom. The molecule has 3 atom stereocenters. The number of piperidine rings is 1. The molecule has 1 aliphatic carbocycles. The predicted octanol–water partition coefficient (Wildman–Crippen LogP) is 1.15. The van der Waals surface area contributed by atoms with E-state index in [1.807, 2.05) is 0 Å². The largest absolute Gasteiger partial charge is 0.349 e. The van der Waals surface area contributed by atoms with Crippen molar-refractivity contribution in [2.45, 2.75) is 49.9 Å². The number of carbonyl (C=O) groups excluding carboxylic acids is 1. The molecule has 4 rings (SSSR count). The first-order valence-electron chi connectivity index (χ1n) is 10.1. The molecule has 1 saturated heterocycles. The molecule has 1 aromatic carbocycles. The maximum absolute atomic E-state index is 14.2. The van der Waals surface area contributed by atoms with E-state index in [0.717, 1.165) is 23.8 Å². The molecule has 2 heterocycles. The number of carbonyl (C=O) groups is 1. The highest BCUT2D eigenvalue weighted by Gasteiger charge is 2.42. The van der Waals surface area contributed by atoms with E-state index < -0.39 is 24.2 Å². The number of aromatic nitrogens is 1. The number of nitriles is 1.